The highest BCUT2D eigenvalue weighted by atomic mass is 16.5. The van der Waals surface area contributed by atoms with Gasteiger partial charge in [0.2, 0.25) is 0 Å². The van der Waals surface area contributed by atoms with E-state index in [1.54, 1.807) is 12.1 Å². The van der Waals surface area contributed by atoms with Crippen LogP contribution in [0.15, 0.2) is 72.8 Å². The van der Waals surface area contributed by atoms with Gasteiger partial charge in [0.25, 0.3) is 5.91 Å². The second-order valence-corrected chi connectivity index (χ2v) is 11.1. The van der Waals surface area contributed by atoms with Crippen molar-refractivity contribution in [3.63, 3.8) is 0 Å². The number of hydrogen-bond acceptors (Lipinski definition) is 5. The van der Waals surface area contributed by atoms with Gasteiger partial charge in [-0.3, -0.25) is 9.69 Å². The molecule has 210 valence electrons. The smallest absolute Gasteiger partial charge is 0.271 e. The molecule has 0 unspecified atom stereocenters. The summed E-state index contributed by atoms with van der Waals surface area (Å²) in [5.41, 5.74) is 5.56. The molecule has 2 N–H and O–H groups in total. The van der Waals surface area contributed by atoms with Crippen molar-refractivity contribution in [1.82, 2.24) is 14.4 Å². The Balaban J connectivity index is 1.57. The Hall–Kier alpha value is -3.65. The van der Waals surface area contributed by atoms with E-state index < -0.39 is 0 Å². The Bertz CT molecular complexity index is 1500. The fourth-order valence-electron chi connectivity index (χ4n) is 5.86. The number of para-hydroxylation sites is 1. The van der Waals surface area contributed by atoms with Crippen molar-refractivity contribution in [1.29, 1.82) is 0 Å². The number of amides is 1. The molecule has 5 rings (SSSR count). The number of phenolic OH excluding ortho intramolecular Hbond substituents is 1. The van der Waals surface area contributed by atoms with Gasteiger partial charge in [-0.25, -0.2) is 0 Å². The van der Waals surface area contributed by atoms with Crippen LogP contribution in [0.1, 0.15) is 35.5 Å². The van der Waals surface area contributed by atoms with Gasteiger partial charge in [-0.2, -0.15) is 0 Å². The number of carbonyl (C=O) groups is 1. The molecule has 0 spiro atoms. The lowest BCUT2D eigenvalue weighted by atomic mass is 9.96. The number of aromatic hydroxyl groups is 1. The molecule has 7 nitrogen and oxygen atoms in total. The number of hydrogen-bond donors (Lipinski definition) is 2. The normalized spacial score (nSPS) is 18.9. The molecule has 3 aromatic carbocycles. The third-order valence-electron chi connectivity index (χ3n) is 8.08. The van der Waals surface area contributed by atoms with Crippen LogP contribution >= 0.6 is 0 Å². The Kier molecular flexibility index (Phi) is 8.26. The van der Waals surface area contributed by atoms with Crippen LogP contribution in [0.3, 0.4) is 0 Å². The molecular formula is C33H39N3O4. The minimum atomic E-state index is -0.359. The summed E-state index contributed by atoms with van der Waals surface area (Å²) < 4.78 is 8.67. The van der Waals surface area contributed by atoms with E-state index >= 15 is 0 Å². The third kappa shape index (κ3) is 5.50. The summed E-state index contributed by atoms with van der Waals surface area (Å²) in [7, 11) is 3.99. The van der Waals surface area contributed by atoms with Gasteiger partial charge in [-0.1, -0.05) is 61.5 Å². The molecule has 0 bridgehead atoms. The first-order chi connectivity index (χ1) is 19.3. The van der Waals surface area contributed by atoms with E-state index in [0.29, 0.717) is 31.9 Å². The van der Waals surface area contributed by atoms with E-state index in [1.165, 1.54) is 0 Å². The molecule has 1 aliphatic heterocycles. The van der Waals surface area contributed by atoms with Crippen LogP contribution in [0.2, 0.25) is 0 Å². The van der Waals surface area contributed by atoms with Crippen molar-refractivity contribution in [3.05, 3.63) is 89.6 Å². The maximum atomic E-state index is 14.4. The molecule has 7 heteroatoms. The highest BCUT2D eigenvalue weighted by molar-refractivity contribution is 6.10. The summed E-state index contributed by atoms with van der Waals surface area (Å²) in [4.78, 5) is 18.4. The quantitative estimate of drug-likeness (QED) is 0.358. The van der Waals surface area contributed by atoms with Crippen LogP contribution in [0.4, 0.5) is 0 Å². The average molecular weight is 542 g/mol. The Labute approximate surface area is 236 Å². The number of likely N-dealkylation sites (N-methyl/N-ethyl adjacent to an activating group) is 1. The van der Waals surface area contributed by atoms with Crippen LogP contribution in [0.25, 0.3) is 22.0 Å². The zero-order valence-electron chi connectivity index (χ0n) is 23.7. The van der Waals surface area contributed by atoms with E-state index in [2.05, 4.69) is 30.0 Å². The summed E-state index contributed by atoms with van der Waals surface area (Å²) in [6.45, 7) is 6.04. The number of fused-ring (bicyclic) bond motifs is 5. The topological polar surface area (TPSA) is 78.2 Å². The first-order valence-electron chi connectivity index (χ1n) is 13.9. The second-order valence-electron chi connectivity index (χ2n) is 11.1. The Morgan fingerprint density at radius 1 is 1.07 bits per heavy atom. The van der Waals surface area contributed by atoms with Crippen molar-refractivity contribution < 1.29 is 19.7 Å². The fraction of sp³-hybridized carbons (Fsp3) is 0.364. The van der Waals surface area contributed by atoms with Crippen molar-refractivity contribution in [3.8, 4) is 16.9 Å². The summed E-state index contributed by atoms with van der Waals surface area (Å²) in [5, 5.41) is 21.1. The van der Waals surface area contributed by atoms with Gasteiger partial charge < -0.3 is 24.4 Å². The third-order valence-corrected chi connectivity index (χ3v) is 8.08. The number of aromatic nitrogens is 1. The molecule has 3 atom stereocenters. The van der Waals surface area contributed by atoms with E-state index in [0.717, 1.165) is 33.2 Å². The molecule has 1 aromatic heterocycles. The monoisotopic (exact) mass is 541 g/mol. The van der Waals surface area contributed by atoms with Crippen molar-refractivity contribution in [2.75, 3.05) is 26.7 Å². The van der Waals surface area contributed by atoms with Gasteiger partial charge >= 0.3 is 0 Å². The van der Waals surface area contributed by atoms with Crippen molar-refractivity contribution >= 4 is 16.8 Å². The largest absolute Gasteiger partial charge is 0.508 e. The standard InChI is InChI=1S/C33H39N3O4/c1-22-17-36(23(2)20-37)33(39)32-31(28-14-7-8-15-29(28)35(32)4)27-13-6-5-11-25(27)21-40-30(22)19-34(3)18-24-10-9-12-26(38)16-24/h5-16,22-23,30,37-38H,17-21H2,1-4H3/t22-,23+,30+/m1/s1. The lowest BCUT2D eigenvalue weighted by Crippen LogP contribution is -2.47. The lowest BCUT2D eigenvalue weighted by molar-refractivity contribution is -0.0242. The van der Waals surface area contributed by atoms with Crippen LogP contribution in [-0.2, 0) is 24.9 Å². The number of benzene rings is 3. The fourth-order valence-corrected chi connectivity index (χ4v) is 5.86. The molecule has 1 aliphatic rings. The van der Waals surface area contributed by atoms with Gasteiger partial charge in [0.1, 0.15) is 11.4 Å². The number of carbonyl (C=O) groups excluding carboxylic acids is 1. The van der Waals surface area contributed by atoms with E-state index in [4.69, 9.17) is 4.74 Å². The molecule has 40 heavy (non-hydrogen) atoms. The number of phenols is 1. The maximum Gasteiger partial charge on any atom is 0.271 e. The van der Waals surface area contributed by atoms with Gasteiger partial charge in [0.05, 0.1) is 25.4 Å². The zero-order chi connectivity index (χ0) is 28.4. The highest BCUT2D eigenvalue weighted by Crippen LogP contribution is 2.38. The number of aliphatic hydroxyl groups is 1. The number of aryl methyl sites for hydroxylation is 1. The molecule has 0 saturated carbocycles. The molecule has 0 aliphatic carbocycles. The molecule has 2 heterocycles. The molecular weight excluding hydrogens is 502 g/mol. The molecule has 0 fully saturated rings. The maximum absolute atomic E-state index is 14.4. The molecule has 1 amide bonds. The minimum absolute atomic E-state index is 0.00651. The molecule has 0 saturated heterocycles. The number of aliphatic hydroxyl groups excluding tert-OH is 1. The molecule has 0 radical (unpaired) electrons. The van der Waals surface area contributed by atoms with Crippen molar-refractivity contribution in [2.45, 2.75) is 39.1 Å². The number of rotatable bonds is 6. The van der Waals surface area contributed by atoms with Crippen LogP contribution in [-0.4, -0.2) is 69.4 Å². The van der Waals surface area contributed by atoms with Crippen LogP contribution in [0.5, 0.6) is 5.75 Å². The average Bonchev–Trinajstić information content (AvgIpc) is 3.24. The van der Waals surface area contributed by atoms with Gasteiger partial charge in [0.15, 0.2) is 0 Å². The van der Waals surface area contributed by atoms with Crippen molar-refractivity contribution in [2.24, 2.45) is 13.0 Å². The highest BCUT2D eigenvalue weighted by Gasteiger charge is 2.33. The van der Waals surface area contributed by atoms with Gasteiger partial charge in [0, 0.05) is 49.1 Å². The number of ether oxygens (including phenoxy) is 1. The van der Waals surface area contributed by atoms with Crippen LogP contribution in [0, 0.1) is 5.92 Å². The van der Waals surface area contributed by atoms with E-state index in [9.17, 15) is 15.0 Å². The Morgan fingerprint density at radius 2 is 1.82 bits per heavy atom. The first kappa shape index (κ1) is 27.9. The summed E-state index contributed by atoms with van der Waals surface area (Å²) in [6.07, 6.45) is -0.172. The second kappa shape index (κ2) is 11.8. The van der Waals surface area contributed by atoms with Gasteiger partial charge in [-0.15, -0.1) is 0 Å². The summed E-state index contributed by atoms with van der Waals surface area (Å²) in [6, 6.07) is 23.2. The van der Waals surface area contributed by atoms with Crippen LogP contribution < -0.4 is 0 Å². The number of nitrogens with zero attached hydrogens (tertiary/aromatic N) is 3. The van der Waals surface area contributed by atoms with Gasteiger partial charge in [-0.05, 0) is 48.9 Å². The predicted octanol–water partition coefficient (Wildman–Crippen LogP) is 5.04. The predicted molar refractivity (Wildman–Crippen MR) is 158 cm³/mol. The lowest BCUT2D eigenvalue weighted by Gasteiger charge is -2.35. The zero-order valence-corrected chi connectivity index (χ0v) is 23.7. The van der Waals surface area contributed by atoms with E-state index in [-0.39, 0.29) is 36.3 Å². The molecule has 4 aromatic rings. The summed E-state index contributed by atoms with van der Waals surface area (Å²) in [5.74, 6) is 0.153. The van der Waals surface area contributed by atoms with E-state index in [1.807, 2.05) is 73.0 Å². The first-order valence-corrected chi connectivity index (χ1v) is 13.9. The summed E-state index contributed by atoms with van der Waals surface area (Å²) >= 11 is 0. The SMILES string of the molecule is C[C@@H]1CN([C@@H](C)CO)C(=O)c2c(c3ccccc3n2C)-c2ccccc2CO[C@H]1CN(C)Cc1cccc(O)c1. The minimum Gasteiger partial charge on any atom is -0.508 e. The Morgan fingerprint density at radius 3 is 2.60 bits per heavy atom.